The molecule has 0 unspecified atom stereocenters. The highest BCUT2D eigenvalue weighted by Crippen LogP contribution is 2.22. The second kappa shape index (κ2) is 2.91. The van der Waals surface area contributed by atoms with E-state index in [2.05, 4.69) is 20.2 Å². The van der Waals surface area contributed by atoms with Crippen LogP contribution in [-0.2, 0) is 7.05 Å². The third-order valence-electron chi connectivity index (χ3n) is 2.37. The van der Waals surface area contributed by atoms with E-state index in [1.54, 1.807) is 12.4 Å². The Kier molecular flexibility index (Phi) is 1.58. The molecule has 3 rings (SSSR count). The molecule has 0 aliphatic rings. The van der Waals surface area contributed by atoms with Crippen molar-refractivity contribution in [2.24, 2.45) is 7.05 Å². The van der Waals surface area contributed by atoms with Crippen molar-refractivity contribution >= 4 is 11.0 Å². The number of aryl methyl sites for hydroxylation is 1. The molecule has 3 aromatic rings. The van der Waals surface area contributed by atoms with Crippen LogP contribution in [0.4, 0.5) is 0 Å². The fourth-order valence-electron chi connectivity index (χ4n) is 1.63. The molecule has 0 spiro atoms. The predicted octanol–water partition coefficient (Wildman–Crippen LogP) is 1.36. The monoisotopic (exact) mass is 199 g/mol. The maximum atomic E-state index is 4.27. The number of nitrogens with zero attached hydrogens (tertiary/aromatic N) is 4. The average Bonchev–Trinajstić information content (AvgIpc) is 2.83. The van der Waals surface area contributed by atoms with E-state index in [0.717, 1.165) is 22.6 Å². The predicted molar refractivity (Wildman–Crippen MR) is 56.1 cm³/mol. The van der Waals surface area contributed by atoms with Crippen LogP contribution in [0.2, 0.25) is 0 Å². The van der Waals surface area contributed by atoms with Gasteiger partial charge in [0.05, 0.1) is 0 Å². The van der Waals surface area contributed by atoms with Crippen molar-refractivity contribution in [2.45, 2.75) is 0 Å². The second-order valence-electron chi connectivity index (χ2n) is 3.33. The third-order valence-corrected chi connectivity index (χ3v) is 2.37. The Balaban J connectivity index is 2.32. The summed E-state index contributed by atoms with van der Waals surface area (Å²) in [4.78, 5) is 8.43. The fourth-order valence-corrected chi connectivity index (χ4v) is 1.63. The van der Waals surface area contributed by atoms with Crippen LogP contribution >= 0.6 is 0 Å². The van der Waals surface area contributed by atoms with Crippen molar-refractivity contribution in [3.63, 3.8) is 0 Å². The van der Waals surface area contributed by atoms with Gasteiger partial charge in [0, 0.05) is 31.0 Å². The molecule has 74 valence electrons. The summed E-state index contributed by atoms with van der Waals surface area (Å²) in [6.45, 7) is 0. The first-order chi connectivity index (χ1) is 7.36. The molecule has 5 nitrogen and oxygen atoms in total. The summed E-state index contributed by atoms with van der Waals surface area (Å²) in [6.07, 6.45) is 5.39. The number of rotatable bonds is 1. The Bertz CT molecular complexity index is 607. The zero-order valence-electron chi connectivity index (χ0n) is 8.18. The number of imidazole rings is 1. The molecule has 0 aliphatic carbocycles. The topological polar surface area (TPSA) is 59.4 Å². The first-order valence-electron chi connectivity index (χ1n) is 4.63. The molecule has 3 heterocycles. The molecule has 1 N–H and O–H groups in total. The van der Waals surface area contributed by atoms with Crippen molar-refractivity contribution in [1.82, 2.24) is 24.7 Å². The van der Waals surface area contributed by atoms with E-state index in [0.29, 0.717) is 0 Å². The Morgan fingerprint density at radius 3 is 3.00 bits per heavy atom. The van der Waals surface area contributed by atoms with Gasteiger partial charge in [-0.1, -0.05) is 0 Å². The Labute approximate surface area is 85.8 Å². The summed E-state index contributed by atoms with van der Waals surface area (Å²) in [5.41, 5.74) is 1.63. The molecule has 0 saturated heterocycles. The molecule has 0 fully saturated rings. The minimum absolute atomic E-state index is 0.718. The largest absolute Gasteiger partial charge is 0.333 e. The van der Waals surface area contributed by atoms with Crippen LogP contribution < -0.4 is 0 Å². The van der Waals surface area contributed by atoms with Crippen LogP contribution in [-0.4, -0.2) is 24.7 Å². The van der Waals surface area contributed by atoms with Gasteiger partial charge in [0.15, 0.2) is 11.5 Å². The smallest absolute Gasteiger partial charge is 0.181 e. The van der Waals surface area contributed by atoms with Crippen molar-refractivity contribution in [1.29, 1.82) is 0 Å². The van der Waals surface area contributed by atoms with Gasteiger partial charge >= 0.3 is 0 Å². The van der Waals surface area contributed by atoms with Gasteiger partial charge in [-0.25, -0.2) is 9.97 Å². The van der Waals surface area contributed by atoms with Crippen LogP contribution in [0.5, 0.6) is 0 Å². The van der Waals surface area contributed by atoms with E-state index in [4.69, 9.17) is 0 Å². The van der Waals surface area contributed by atoms with Gasteiger partial charge in [0.1, 0.15) is 5.69 Å². The first-order valence-corrected chi connectivity index (χ1v) is 4.63. The summed E-state index contributed by atoms with van der Waals surface area (Å²) in [5.74, 6) is 0.866. The third kappa shape index (κ3) is 1.13. The van der Waals surface area contributed by atoms with E-state index in [1.807, 2.05) is 29.9 Å². The van der Waals surface area contributed by atoms with Gasteiger partial charge in [0.2, 0.25) is 0 Å². The average molecular weight is 199 g/mol. The molecule has 15 heavy (non-hydrogen) atoms. The summed E-state index contributed by atoms with van der Waals surface area (Å²) in [7, 11) is 1.95. The Morgan fingerprint density at radius 2 is 2.20 bits per heavy atom. The van der Waals surface area contributed by atoms with Crippen molar-refractivity contribution < 1.29 is 0 Å². The lowest BCUT2D eigenvalue weighted by molar-refractivity contribution is 0.915. The molecule has 0 saturated carbocycles. The van der Waals surface area contributed by atoms with Crippen LogP contribution in [0, 0.1) is 0 Å². The molecular weight excluding hydrogens is 190 g/mol. The highest BCUT2D eigenvalue weighted by atomic mass is 15.2. The first kappa shape index (κ1) is 8.16. The second-order valence-corrected chi connectivity index (χ2v) is 3.33. The van der Waals surface area contributed by atoms with E-state index < -0.39 is 0 Å². The Morgan fingerprint density at radius 1 is 1.27 bits per heavy atom. The number of nitrogens with one attached hydrogen (secondary N) is 1. The minimum atomic E-state index is 0.718. The lowest BCUT2D eigenvalue weighted by Gasteiger charge is -1.97. The highest BCUT2D eigenvalue weighted by Gasteiger charge is 2.10. The molecule has 3 aromatic heterocycles. The van der Waals surface area contributed by atoms with E-state index in [9.17, 15) is 0 Å². The molecule has 0 aliphatic heterocycles. The zero-order chi connectivity index (χ0) is 10.3. The van der Waals surface area contributed by atoms with E-state index in [-0.39, 0.29) is 0 Å². The quantitative estimate of drug-likeness (QED) is 0.643. The number of pyridine rings is 1. The van der Waals surface area contributed by atoms with Crippen molar-refractivity contribution in [3.05, 3.63) is 30.7 Å². The number of hydrogen-bond acceptors (Lipinski definition) is 3. The zero-order valence-corrected chi connectivity index (χ0v) is 8.18. The lowest BCUT2D eigenvalue weighted by atomic mass is 10.2. The van der Waals surface area contributed by atoms with Crippen molar-refractivity contribution in [2.75, 3.05) is 0 Å². The number of fused-ring (bicyclic) bond motifs is 1. The maximum absolute atomic E-state index is 4.27. The van der Waals surface area contributed by atoms with Crippen LogP contribution in [0.3, 0.4) is 0 Å². The molecule has 0 radical (unpaired) electrons. The van der Waals surface area contributed by atoms with Gasteiger partial charge in [-0.05, 0) is 12.1 Å². The summed E-state index contributed by atoms with van der Waals surface area (Å²) >= 11 is 0. The molecule has 0 bridgehead atoms. The molecule has 5 heteroatoms. The van der Waals surface area contributed by atoms with E-state index >= 15 is 0 Å². The minimum Gasteiger partial charge on any atom is -0.333 e. The van der Waals surface area contributed by atoms with Crippen LogP contribution in [0.1, 0.15) is 0 Å². The van der Waals surface area contributed by atoms with Gasteiger partial charge in [-0.2, -0.15) is 5.10 Å². The fraction of sp³-hybridized carbons (Fsp3) is 0.100. The summed E-state index contributed by atoms with van der Waals surface area (Å²) in [6, 6.07) is 3.88. The van der Waals surface area contributed by atoms with Gasteiger partial charge in [-0.15, -0.1) is 0 Å². The van der Waals surface area contributed by atoms with Gasteiger partial charge in [-0.3, -0.25) is 5.10 Å². The molecule has 0 atom stereocenters. The Hall–Kier alpha value is -2.17. The molecule has 0 aromatic carbocycles. The van der Waals surface area contributed by atoms with Crippen LogP contribution in [0.15, 0.2) is 30.7 Å². The number of H-pyrrole nitrogens is 1. The number of aromatic nitrogens is 5. The lowest BCUT2D eigenvalue weighted by Crippen LogP contribution is -1.91. The standard InChI is InChI=1S/C10H9N5/c1-15-6-5-12-10(15)8-7-3-2-4-11-9(7)14-13-8/h2-6H,1H3,(H,11,13,14). The normalized spacial score (nSPS) is 11.0. The van der Waals surface area contributed by atoms with E-state index in [1.165, 1.54) is 0 Å². The van der Waals surface area contributed by atoms with Gasteiger partial charge < -0.3 is 4.57 Å². The number of hydrogen-bond donors (Lipinski definition) is 1. The molecule has 0 amide bonds. The summed E-state index contributed by atoms with van der Waals surface area (Å²) < 4.78 is 1.94. The van der Waals surface area contributed by atoms with Crippen molar-refractivity contribution in [3.8, 4) is 11.5 Å². The maximum Gasteiger partial charge on any atom is 0.181 e. The molecular formula is C10H9N5. The van der Waals surface area contributed by atoms with Gasteiger partial charge in [0.25, 0.3) is 0 Å². The highest BCUT2D eigenvalue weighted by molar-refractivity contribution is 5.88. The van der Waals surface area contributed by atoms with Crippen LogP contribution in [0.25, 0.3) is 22.6 Å². The summed E-state index contributed by atoms with van der Waals surface area (Å²) in [5, 5.41) is 8.08. The number of aromatic amines is 1. The SMILES string of the molecule is Cn1ccnc1-c1[nH]nc2ncccc12.